The number of aliphatic hydroxyl groups excluding tert-OH is 1. The van der Waals surface area contributed by atoms with Gasteiger partial charge in [0.05, 0.1) is 27.9 Å². The molecule has 0 saturated carbocycles. The van der Waals surface area contributed by atoms with Crippen molar-refractivity contribution in [1.82, 2.24) is 9.78 Å². The number of aliphatic hydroxyl groups is 1. The van der Waals surface area contributed by atoms with Crippen LogP contribution in [0.25, 0.3) is 0 Å². The van der Waals surface area contributed by atoms with Crippen molar-refractivity contribution in [1.29, 1.82) is 0 Å². The highest BCUT2D eigenvalue weighted by atomic mass is 35.5. The lowest BCUT2D eigenvalue weighted by Gasteiger charge is -2.20. The zero-order valence-corrected chi connectivity index (χ0v) is 13.4. The Hall–Kier alpha value is -0.590. The number of sulfone groups is 1. The second kappa shape index (κ2) is 6.03. The molecule has 0 aliphatic carbocycles. The highest BCUT2D eigenvalue weighted by Crippen LogP contribution is 2.31. The topological polar surface area (TPSA) is 72.2 Å². The fourth-order valence-electron chi connectivity index (χ4n) is 2.89. The van der Waals surface area contributed by atoms with Gasteiger partial charge in [0.1, 0.15) is 0 Å². The van der Waals surface area contributed by atoms with E-state index in [-0.39, 0.29) is 29.9 Å². The summed E-state index contributed by atoms with van der Waals surface area (Å²) in [4.78, 5) is 0. The molecule has 1 aliphatic heterocycles. The van der Waals surface area contributed by atoms with Gasteiger partial charge in [-0.1, -0.05) is 11.6 Å². The van der Waals surface area contributed by atoms with Crippen LogP contribution in [-0.4, -0.2) is 41.4 Å². The Kier molecular flexibility index (Phi) is 4.76. The maximum absolute atomic E-state index is 11.6. The van der Waals surface area contributed by atoms with Crippen LogP contribution in [0.15, 0.2) is 0 Å². The van der Waals surface area contributed by atoms with E-state index in [0.29, 0.717) is 24.4 Å². The van der Waals surface area contributed by atoms with Gasteiger partial charge < -0.3 is 5.11 Å². The van der Waals surface area contributed by atoms with Crippen molar-refractivity contribution in [3.8, 4) is 0 Å². The zero-order valence-electron chi connectivity index (χ0n) is 11.8. The summed E-state index contributed by atoms with van der Waals surface area (Å²) in [6.45, 7) is 4.53. The lowest BCUT2D eigenvalue weighted by atomic mass is 9.88. The summed E-state index contributed by atoms with van der Waals surface area (Å²) in [6.07, 6.45) is 1.20. The molecule has 2 heterocycles. The van der Waals surface area contributed by atoms with Gasteiger partial charge in [0, 0.05) is 13.2 Å². The summed E-state index contributed by atoms with van der Waals surface area (Å²) in [7, 11) is -2.93. The van der Waals surface area contributed by atoms with Crippen LogP contribution < -0.4 is 0 Å². The number of rotatable bonds is 5. The largest absolute Gasteiger partial charge is 0.396 e. The Bertz CT molecular complexity index is 583. The minimum Gasteiger partial charge on any atom is -0.396 e. The minimum absolute atomic E-state index is 0.0154. The number of nitrogens with zero attached hydrogens (tertiary/aromatic N) is 2. The highest BCUT2D eigenvalue weighted by Gasteiger charge is 2.34. The van der Waals surface area contributed by atoms with Gasteiger partial charge in [-0.2, -0.15) is 5.10 Å². The number of hydrogen-bond donors (Lipinski definition) is 1. The maximum Gasteiger partial charge on any atom is 0.150 e. The average Bonchev–Trinajstić information content (AvgIpc) is 2.89. The maximum atomic E-state index is 11.6. The molecule has 2 atom stereocenters. The van der Waals surface area contributed by atoms with Gasteiger partial charge in [-0.25, -0.2) is 8.42 Å². The molecule has 0 radical (unpaired) electrons. The van der Waals surface area contributed by atoms with E-state index < -0.39 is 9.84 Å². The molecule has 20 heavy (non-hydrogen) atoms. The molecule has 114 valence electrons. The van der Waals surface area contributed by atoms with Crippen molar-refractivity contribution in [2.45, 2.75) is 33.2 Å². The summed E-state index contributed by atoms with van der Waals surface area (Å²) < 4.78 is 25.0. The van der Waals surface area contributed by atoms with E-state index in [0.717, 1.165) is 11.4 Å². The molecule has 0 spiro atoms. The standard InChI is InChI=1S/C13H21ClN2O3S/c1-3-16-12(13(14)9(2)15-16)6-11(7-17)10-4-5-20(18,19)8-10/h10-11,17H,3-8H2,1-2H3. The predicted molar refractivity (Wildman–Crippen MR) is 78.7 cm³/mol. The van der Waals surface area contributed by atoms with Crippen molar-refractivity contribution in [3.05, 3.63) is 16.4 Å². The molecule has 0 amide bonds. The van der Waals surface area contributed by atoms with Crippen molar-refractivity contribution < 1.29 is 13.5 Å². The SMILES string of the molecule is CCn1nc(C)c(Cl)c1CC(CO)C1CCS(=O)(=O)C1. The third-order valence-corrected chi connectivity index (χ3v) is 6.36. The third-order valence-electron chi connectivity index (χ3n) is 4.08. The summed E-state index contributed by atoms with van der Waals surface area (Å²) in [5.41, 5.74) is 1.68. The first-order valence-corrected chi connectivity index (χ1v) is 9.11. The van der Waals surface area contributed by atoms with Crippen LogP contribution in [0.3, 0.4) is 0 Å². The number of aromatic nitrogens is 2. The Morgan fingerprint density at radius 2 is 2.25 bits per heavy atom. The van der Waals surface area contributed by atoms with Crippen molar-refractivity contribution in [3.63, 3.8) is 0 Å². The van der Waals surface area contributed by atoms with Gasteiger partial charge in [0.15, 0.2) is 9.84 Å². The summed E-state index contributed by atoms with van der Waals surface area (Å²) >= 11 is 6.27. The van der Waals surface area contributed by atoms with E-state index in [1.807, 2.05) is 18.5 Å². The monoisotopic (exact) mass is 320 g/mol. The van der Waals surface area contributed by atoms with Gasteiger partial charge in [-0.05, 0) is 38.5 Å². The molecule has 5 nitrogen and oxygen atoms in total. The van der Waals surface area contributed by atoms with Gasteiger partial charge >= 0.3 is 0 Å². The summed E-state index contributed by atoms with van der Waals surface area (Å²) in [5.74, 6) is 0.344. The first-order chi connectivity index (χ1) is 9.38. The van der Waals surface area contributed by atoms with E-state index in [2.05, 4.69) is 5.10 Å². The highest BCUT2D eigenvalue weighted by molar-refractivity contribution is 7.91. The summed E-state index contributed by atoms with van der Waals surface area (Å²) in [6, 6.07) is 0. The van der Waals surface area contributed by atoms with Crippen LogP contribution in [0.1, 0.15) is 24.7 Å². The predicted octanol–water partition coefficient (Wildman–Crippen LogP) is 1.45. The number of hydrogen-bond acceptors (Lipinski definition) is 4. The molecule has 1 saturated heterocycles. The molecule has 1 aromatic heterocycles. The quantitative estimate of drug-likeness (QED) is 0.891. The molecule has 2 rings (SSSR count). The molecule has 0 bridgehead atoms. The van der Waals surface area contributed by atoms with Crippen LogP contribution in [0.5, 0.6) is 0 Å². The van der Waals surface area contributed by atoms with E-state index in [9.17, 15) is 13.5 Å². The lowest BCUT2D eigenvalue weighted by Crippen LogP contribution is -2.23. The second-order valence-corrected chi connectivity index (χ2v) is 8.08. The molecule has 1 N–H and O–H groups in total. The van der Waals surface area contributed by atoms with Crippen molar-refractivity contribution in [2.24, 2.45) is 11.8 Å². The molecule has 0 aromatic carbocycles. The van der Waals surface area contributed by atoms with E-state index in [1.54, 1.807) is 0 Å². The first-order valence-electron chi connectivity index (χ1n) is 6.91. The first kappa shape index (κ1) is 15.8. The Morgan fingerprint density at radius 1 is 1.55 bits per heavy atom. The third kappa shape index (κ3) is 3.18. The summed E-state index contributed by atoms with van der Waals surface area (Å²) in [5, 5.41) is 14.6. The normalized spacial score (nSPS) is 23.1. The fraction of sp³-hybridized carbons (Fsp3) is 0.769. The Balaban J connectivity index is 2.19. The number of halogens is 1. The Morgan fingerprint density at radius 3 is 2.75 bits per heavy atom. The number of aryl methyl sites for hydroxylation is 2. The van der Waals surface area contributed by atoms with Crippen molar-refractivity contribution in [2.75, 3.05) is 18.1 Å². The van der Waals surface area contributed by atoms with E-state index in [1.165, 1.54) is 0 Å². The van der Waals surface area contributed by atoms with Crippen LogP contribution in [0.2, 0.25) is 5.02 Å². The van der Waals surface area contributed by atoms with Crippen LogP contribution in [-0.2, 0) is 22.8 Å². The average molecular weight is 321 g/mol. The van der Waals surface area contributed by atoms with E-state index >= 15 is 0 Å². The van der Waals surface area contributed by atoms with Gasteiger partial charge in [0.2, 0.25) is 0 Å². The van der Waals surface area contributed by atoms with Crippen molar-refractivity contribution >= 4 is 21.4 Å². The second-order valence-electron chi connectivity index (χ2n) is 5.47. The molecule has 1 aliphatic rings. The van der Waals surface area contributed by atoms with Crippen LogP contribution >= 0.6 is 11.6 Å². The molecule has 7 heteroatoms. The lowest BCUT2D eigenvalue weighted by molar-refractivity contribution is 0.182. The molecule has 1 aromatic rings. The molecular formula is C13H21ClN2O3S. The van der Waals surface area contributed by atoms with Crippen LogP contribution in [0.4, 0.5) is 0 Å². The minimum atomic E-state index is -2.93. The molecule has 1 fully saturated rings. The Labute approximate surface area is 124 Å². The van der Waals surface area contributed by atoms with E-state index in [4.69, 9.17) is 11.6 Å². The molecular weight excluding hydrogens is 300 g/mol. The van der Waals surface area contributed by atoms with Gasteiger partial charge in [0.25, 0.3) is 0 Å². The molecule has 2 unspecified atom stereocenters. The fourth-order valence-corrected chi connectivity index (χ4v) is 5.02. The van der Waals surface area contributed by atoms with Gasteiger partial charge in [-0.3, -0.25) is 4.68 Å². The smallest absolute Gasteiger partial charge is 0.150 e. The van der Waals surface area contributed by atoms with Gasteiger partial charge in [-0.15, -0.1) is 0 Å². The zero-order chi connectivity index (χ0) is 14.9. The van der Waals surface area contributed by atoms with Crippen LogP contribution in [0, 0.1) is 18.8 Å².